The molecule has 2 aromatic rings. The first-order chi connectivity index (χ1) is 9.19. The molecule has 1 aliphatic rings. The number of rotatable bonds is 2. The van der Waals surface area contributed by atoms with Crippen LogP contribution in [0.4, 0.5) is 4.39 Å². The molecule has 0 aliphatic carbocycles. The lowest BCUT2D eigenvalue weighted by Gasteiger charge is -2.22. The van der Waals surface area contributed by atoms with Gasteiger partial charge in [-0.15, -0.1) is 10.2 Å². The zero-order valence-corrected chi connectivity index (χ0v) is 10.3. The van der Waals surface area contributed by atoms with Crippen LogP contribution in [-0.4, -0.2) is 31.6 Å². The smallest absolute Gasteiger partial charge is 0.167 e. The number of aromatic hydroxyl groups is 1. The van der Waals surface area contributed by atoms with Crippen molar-refractivity contribution in [2.45, 2.75) is 19.4 Å². The number of halogens is 1. The Morgan fingerprint density at radius 2 is 2.21 bits per heavy atom. The van der Waals surface area contributed by atoms with Crippen LogP contribution in [0.3, 0.4) is 0 Å². The molecule has 0 amide bonds. The SMILES string of the molecule is OCC1CCc2nnc(-c3ccc(F)cc3O)n2C1. The number of nitrogens with zero attached hydrogens (tertiary/aromatic N) is 3. The molecule has 100 valence electrons. The molecule has 6 heteroatoms. The number of phenolic OH excluding ortho intramolecular Hbond substituents is 1. The van der Waals surface area contributed by atoms with Gasteiger partial charge >= 0.3 is 0 Å². The van der Waals surface area contributed by atoms with Crippen LogP contribution >= 0.6 is 0 Å². The van der Waals surface area contributed by atoms with E-state index < -0.39 is 5.82 Å². The van der Waals surface area contributed by atoms with Gasteiger partial charge in [-0.25, -0.2) is 4.39 Å². The molecule has 1 aromatic heterocycles. The molecule has 0 saturated carbocycles. The predicted molar refractivity (Wildman–Crippen MR) is 66.0 cm³/mol. The summed E-state index contributed by atoms with van der Waals surface area (Å²) in [5.74, 6) is 0.883. The Balaban J connectivity index is 2.05. The second-order valence-electron chi connectivity index (χ2n) is 4.80. The number of aryl methyl sites for hydroxylation is 1. The summed E-state index contributed by atoms with van der Waals surface area (Å²) in [6, 6.07) is 3.83. The minimum Gasteiger partial charge on any atom is -0.507 e. The Labute approximate surface area is 109 Å². The highest BCUT2D eigenvalue weighted by atomic mass is 19.1. The van der Waals surface area contributed by atoms with Crippen molar-refractivity contribution in [3.63, 3.8) is 0 Å². The number of fused-ring (bicyclic) bond motifs is 1. The Morgan fingerprint density at radius 1 is 1.37 bits per heavy atom. The number of phenols is 1. The molecular weight excluding hydrogens is 249 g/mol. The minimum atomic E-state index is -0.493. The van der Waals surface area contributed by atoms with Crippen LogP contribution in [0.25, 0.3) is 11.4 Å². The van der Waals surface area contributed by atoms with Gasteiger partial charge in [0.25, 0.3) is 0 Å². The summed E-state index contributed by atoms with van der Waals surface area (Å²) in [6.07, 6.45) is 1.63. The molecule has 1 atom stereocenters. The molecule has 0 spiro atoms. The van der Waals surface area contributed by atoms with Crippen LogP contribution in [0, 0.1) is 11.7 Å². The lowest BCUT2D eigenvalue weighted by atomic mass is 10.00. The Hall–Kier alpha value is -1.95. The second-order valence-corrected chi connectivity index (χ2v) is 4.80. The van der Waals surface area contributed by atoms with Gasteiger partial charge in [-0.1, -0.05) is 0 Å². The van der Waals surface area contributed by atoms with Gasteiger partial charge in [0.1, 0.15) is 17.4 Å². The summed E-state index contributed by atoms with van der Waals surface area (Å²) < 4.78 is 14.9. The zero-order chi connectivity index (χ0) is 13.4. The van der Waals surface area contributed by atoms with Gasteiger partial charge < -0.3 is 14.8 Å². The number of hydrogen-bond acceptors (Lipinski definition) is 4. The summed E-state index contributed by atoms with van der Waals surface area (Å²) in [7, 11) is 0. The number of benzene rings is 1. The van der Waals surface area contributed by atoms with Crippen molar-refractivity contribution in [1.29, 1.82) is 0 Å². The summed E-state index contributed by atoms with van der Waals surface area (Å²) in [5, 5.41) is 27.2. The standard InChI is InChI=1S/C13H14FN3O2/c14-9-2-3-10(11(19)5-9)13-16-15-12-4-1-8(7-18)6-17(12)13/h2-3,5,8,18-19H,1,4,6-7H2. The molecule has 0 radical (unpaired) electrons. The highest BCUT2D eigenvalue weighted by molar-refractivity contribution is 5.64. The fourth-order valence-corrected chi connectivity index (χ4v) is 2.44. The van der Waals surface area contributed by atoms with Crippen molar-refractivity contribution in [2.75, 3.05) is 6.61 Å². The summed E-state index contributed by atoms with van der Waals surface area (Å²) in [6.45, 7) is 0.734. The van der Waals surface area contributed by atoms with Crippen molar-refractivity contribution in [2.24, 2.45) is 5.92 Å². The Kier molecular flexibility index (Phi) is 2.94. The van der Waals surface area contributed by atoms with Gasteiger partial charge in [-0.05, 0) is 18.6 Å². The van der Waals surface area contributed by atoms with Crippen LogP contribution in [0.5, 0.6) is 5.75 Å². The molecule has 0 bridgehead atoms. The van der Waals surface area contributed by atoms with E-state index in [1.54, 1.807) is 0 Å². The van der Waals surface area contributed by atoms with Crippen molar-refractivity contribution in [3.8, 4) is 17.1 Å². The molecular formula is C13H14FN3O2. The van der Waals surface area contributed by atoms with Crippen molar-refractivity contribution in [3.05, 3.63) is 29.8 Å². The van der Waals surface area contributed by atoms with E-state index in [-0.39, 0.29) is 18.3 Å². The zero-order valence-electron chi connectivity index (χ0n) is 10.3. The molecule has 5 nitrogen and oxygen atoms in total. The highest BCUT2D eigenvalue weighted by Gasteiger charge is 2.24. The van der Waals surface area contributed by atoms with E-state index in [0.717, 1.165) is 24.7 Å². The van der Waals surface area contributed by atoms with E-state index in [2.05, 4.69) is 10.2 Å². The van der Waals surface area contributed by atoms with Crippen molar-refractivity contribution >= 4 is 0 Å². The number of aliphatic hydroxyl groups is 1. The lowest BCUT2D eigenvalue weighted by molar-refractivity contribution is 0.191. The van der Waals surface area contributed by atoms with Gasteiger partial charge in [0.05, 0.1) is 5.56 Å². The maximum Gasteiger partial charge on any atom is 0.167 e. The normalized spacial score (nSPS) is 18.3. The number of aromatic nitrogens is 3. The number of hydrogen-bond donors (Lipinski definition) is 2. The third-order valence-electron chi connectivity index (χ3n) is 3.50. The van der Waals surface area contributed by atoms with Crippen LogP contribution in [-0.2, 0) is 13.0 Å². The molecule has 2 heterocycles. The maximum atomic E-state index is 13.0. The predicted octanol–water partition coefficient (Wildman–Crippen LogP) is 1.34. The summed E-state index contributed by atoms with van der Waals surface area (Å²) in [5.41, 5.74) is 0.457. The monoisotopic (exact) mass is 263 g/mol. The van der Waals surface area contributed by atoms with Gasteiger partial charge in [-0.2, -0.15) is 0 Å². The molecule has 1 aromatic carbocycles. The Bertz CT molecular complexity index is 612. The summed E-state index contributed by atoms with van der Waals surface area (Å²) >= 11 is 0. The van der Waals surface area contributed by atoms with E-state index in [4.69, 9.17) is 0 Å². The molecule has 1 aliphatic heterocycles. The van der Waals surface area contributed by atoms with E-state index in [0.29, 0.717) is 17.9 Å². The molecule has 1 unspecified atom stereocenters. The summed E-state index contributed by atoms with van der Waals surface area (Å²) in [4.78, 5) is 0. The number of aliphatic hydroxyl groups excluding tert-OH is 1. The average Bonchev–Trinajstić information content (AvgIpc) is 2.81. The molecule has 0 fully saturated rings. The first-order valence-corrected chi connectivity index (χ1v) is 6.21. The van der Waals surface area contributed by atoms with Crippen LogP contribution < -0.4 is 0 Å². The van der Waals surface area contributed by atoms with Gasteiger partial charge in [-0.3, -0.25) is 0 Å². The first-order valence-electron chi connectivity index (χ1n) is 6.21. The van der Waals surface area contributed by atoms with E-state index in [1.165, 1.54) is 12.1 Å². The quantitative estimate of drug-likeness (QED) is 0.857. The van der Waals surface area contributed by atoms with Gasteiger partial charge in [0, 0.05) is 31.6 Å². The fraction of sp³-hybridized carbons (Fsp3) is 0.385. The van der Waals surface area contributed by atoms with E-state index in [1.807, 2.05) is 4.57 Å². The molecule has 19 heavy (non-hydrogen) atoms. The van der Waals surface area contributed by atoms with Crippen LogP contribution in [0.15, 0.2) is 18.2 Å². The van der Waals surface area contributed by atoms with Crippen LogP contribution in [0.1, 0.15) is 12.2 Å². The molecule has 0 saturated heterocycles. The largest absolute Gasteiger partial charge is 0.507 e. The fourth-order valence-electron chi connectivity index (χ4n) is 2.44. The minimum absolute atomic E-state index is 0.118. The van der Waals surface area contributed by atoms with Gasteiger partial charge in [0.15, 0.2) is 5.82 Å². The van der Waals surface area contributed by atoms with Crippen molar-refractivity contribution in [1.82, 2.24) is 14.8 Å². The maximum absolute atomic E-state index is 13.0. The molecule has 3 rings (SSSR count). The lowest BCUT2D eigenvalue weighted by Crippen LogP contribution is -2.23. The van der Waals surface area contributed by atoms with Crippen LogP contribution in [0.2, 0.25) is 0 Å². The third-order valence-corrected chi connectivity index (χ3v) is 3.50. The topological polar surface area (TPSA) is 71.2 Å². The third kappa shape index (κ3) is 2.08. The molecule has 2 N–H and O–H groups in total. The highest BCUT2D eigenvalue weighted by Crippen LogP contribution is 2.31. The Morgan fingerprint density at radius 3 is 2.95 bits per heavy atom. The second kappa shape index (κ2) is 4.62. The first kappa shape index (κ1) is 12.1. The van der Waals surface area contributed by atoms with Crippen molar-refractivity contribution < 1.29 is 14.6 Å². The average molecular weight is 263 g/mol. The van der Waals surface area contributed by atoms with E-state index >= 15 is 0 Å². The van der Waals surface area contributed by atoms with Gasteiger partial charge in [0.2, 0.25) is 0 Å². The van der Waals surface area contributed by atoms with E-state index in [9.17, 15) is 14.6 Å².